The van der Waals surface area contributed by atoms with Crippen LogP contribution in [0.3, 0.4) is 0 Å². The fraction of sp³-hybridized carbons (Fsp3) is 0.231. The summed E-state index contributed by atoms with van der Waals surface area (Å²) < 4.78 is 1.02. The van der Waals surface area contributed by atoms with Crippen LogP contribution in [0.5, 0.6) is 0 Å². The first kappa shape index (κ1) is 13.2. The molecular formula is C13H12BrNO2S. The highest BCUT2D eigenvalue weighted by Gasteiger charge is 2.09. The van der Waals surface area contributed by atoms with Crippen LogP contribution in [-0.2, 0) is 11.2 Å². The summed E-state index contributed by atoms with van der Waals surface area (Å²) in [6.45, 7) is 2.04. The average Bonchev–Trinajstić information content (AvgIpc) is 2.78. The van der Waals surface area contributed by atoms with E-state index >= 15 is 0 Å². The quantitative estimate of drug-likeness (QED) is 0.927. The van der Waals surface area contributed by atoms with E-state index in [1.165, 1.54) is 11.3 Å². The maximum Gasteiger partial charge on any atom is 0.303 e. The molecule has 0 fully saturated rings. The molecule has 1 aromatic carbocycles. The number of benzene rings is 1. The zero-order valence-corrected chi connectivity index (χ0v) is 12.2. The normalized spacial score (nSPS) is 10.6. The predicted molar refractivity (Wildman–Crippen MR) is 75.9 cm³/mol. The van der Waals surface area contributed by atoms with E-state index in [0.717, 1.165) is 26.3 Å². The van der Waals surface area contributed by atoms with E-state index < -0.39 is 5.97 Å². The Balaban J connectivity index is 2.23. The Bertz CT molecular complexity index is 580. The van der Waals surface area contributed by atoms with Crippen LogP contribution in [0.15, 0.2) is 28.1 Å². The molecule has 0 saturated carbocycles. The van der Waals surface area contributed by atoms with Gasteiger partial charge in [-0.15, -0.1) is 11.3 Å². The van der Waals surface area contributed by atoms with Crippen molar-refractivity contribution in [2.45, 2.75) is 19.8 Å². The second kappa shape index (κ2) is 5.63. The fourth-order valence-electron chi connectivity index (χ4n) is 1.63. The SMILES string of the molecule is Cc1ccc(Br)cc1-c1csc(CCC(=O)O)n1. The molecule has 18 heavy (non-hydrogen) atoms. The lowest BCUT2D eigenvalue weighted by Gasteiger charge is -2.02. The van der Waals surface area contributed by atoms with Gasteiger partial charge >= 0.3 is 5.97 Å². The molecule has 0 aliphatic rings. The number of hydrogen-bond acceptors (Lipinski definition) is 3. The average molecular weight is 326 g/mol. The Kier molecular flexibility index (Phi) is 4.14. The van der Waals surface area contributed by atoms with Gasteiger partial charge in [0.25, 0.3) is 0 Å². The van der Waals surface area contributed by atoms with Crippen LogP contribution in [0, 0.1) is 6.92 Å². The molecule has 2 rings (SSSR count). The van der Waals surface area contributed by atoms with Gasteiger partial charge in [-0.05, 0) is 24.6 Å². The van der Waals surface area contributed by atoms with Gasteiger partial charge in [0.05, 0.1) is 17.1 Å². The van der Waals surface area contributed by atoms with Crippen molar-refractivity contribution in [3.8, 4) is 11.3 Å². The Hall–Kier alpha value is -1.20. The Morgan fingerprint density at radius 1 is 1.50 bits per heavy atom. The number of aliphatic carboxylic acids is 1. The third kappa shape index (κ3) is 3.17. The van der Waals surface area contributed by atoms with Crippen molar-refractivity contribution in [1.82, 2.24) is 4.98 Å². The first-order valence-corrected chi connectivity index (χ1v) is 7.16. The summed E-state index contributed by atoms with van der Waals surface area (Å²) in [6, 6.07) is 6.07. The minimum atomic E-state index is -0.787. The molecule has 2 aromatic rings. The monoisotopic (exact) mass is 325 g/mol. The van der Waals surface area contributed by atoms with Gasteiger partial charge in [0.15, 0.2) is 0 Å². The van der Waals surface area contributed by atoms with Crippen LogP contribution >= 0.6 is 27.3 Å². The molecule has 0 aliphatic heterocycles. The van der Waals surface area contributed by atoms with E-state index in [0.29, 0.717) is 6.42 Å². The van der Waals surface area contributed by atoms with Crippen LogP contribution in [0.1, 0.15) is 17.0 Å². The molecule has 0 bridgehead atoms. The minimum absolute atomic E-state index is 0.129. The van der Waals surface area contributed by atoms with Crippen LogP contribution in [0.4, 0.5) is 0 Å². The number of nitrogens with zero attached hydrogens (tertiary/aromatic N) is 1. The standard InChI is InChI=1S/C13H12BrNO2S/c1-8-2-3-9(14)6-10(8)11-7-18-12(15-11)4-5-13(16)17/h2-3,6-7H,4-5H2,1H3,(H,16,17). The number of carboxylic acids is 1. The molecule has 3 nitrogen and oxygen atoms in total. The van der Waals surface area contributed by atoms with Crippen molar-refractivity contribution in [1.29, 1.82) is 0 Å². The van der Waals surface area contributed by atoms with Gasteiger partial charge in [-0.2, -0.15) is 0 Å². The summed E-state index contributed by atoms with van der Waals surface area (Å²) in [4.78, 5) is 15.0. The van der Waals surface area contributed by atoms with Gasteiger partial charge in [0.2, 0.25) is 0 Å². The van der Waals surface area contributed by atoms with Crippen molar-refractivity contribution in [3.05, 3.63) is 38.6 Å². The number of hydrogen-bond donors (Lipinski definition) is 1. The molecule has 0 spiro atoms. The molecule has 94 valence electrons. The second-order valence-corrected chi connectivity index (χ2v) is 5.84. The fourth-order valence-corrected chi connectivity index (χ4v) is 2.79. The van der Waals surface area contributed by atoms with Crippen LogP contribution in [0.25, 0.3) is 11.3 Å². The van der Waals surface area contributed by atoms with Crippen molar-refractivity contribution < 1.29 is 9.90 Å². The maximum absolute atomic E-state index is 10.5. The molecule has 0 saturated heterocycles. The van der Waals surface area contributed by atoms with E-state index in [2.05, 4.69) is 20.9 Å². The summed E-state index contributed by atoms with van der Waals surface area (Å²) in [6.07, 6.45) is 0.622. The van der Waals surface area contributed by atoms with Gasteiger partial charge in [0, 0.05) is 21.8 Å². The highest BCUT2D eigenvalue weighted by molar-refractivity contribution is 9.10. The van der Waals surface area contributed by atoms with E-state index in [1.54, 1.807) is 0 Å². The number of aryl methyl sites for hydroxylation is 2. The molecule has 0 aliphatic carbocycles. The number of rotatable bonds is 4. The highest BCUT2D eigenvalue weighted by atomic mass is 79.9. The molecule has 5 heteroatoms. The molecule has 1 heterocycles. The topological polar surface area (TPSA) is 50.2 Å². The zero-order valence-electron chi connectivity index (χ0n) is 9.81. The Labute approximate surface area is 118 Å². The third-order valence-electron chi connectivity index (χ3n) is 2.58. The van der Waals surface area contributed by atoms with E-state index in [9.17, 15) is 4.79 Å². The predicted octanol–water partition coefficient (Wildman–Crippen LogP) is 3.90. The van der Waals surface area contributed by atoms with E-state index in [1.807, 2.05) is 30.5 Å². The minimum Gasteiger partial charge on any atom is -0.481 e. The highest BCUT2D eigenvalue weighted by Crippen LogP contribution is 2.28. The van der Waals surface area contributed by atoms with Crippen LogP contribution < -0.4 is 0 Å². The van der Waals surface area contributed by atoms with Crippen molar-refractivity contribution in [2.24, 2.45) is 0 Å². The molecule has 1 N–H and O–H groups in total. The van der Waals surface area contributed by atoms with Crippen molar-refractivity contribution in [2.75, 3.05) is 0 Å². The van der Waals surface area contributed by atoms with E-state index in [4.69, 9.17) is 5.11 Å². The molecule has 0 unspecified atom stereocenters. The van der Waals surface area contributed by atoms with Crippen LogP contribution in [0.2, 0.25) is 0 Å². The van der Waals surface area contributed by atoms with Crippen LogP contribution in [-0.4, -0.2) is 16.1 Å². The summed E-state index contributed by atoms with van der Waals surface area (Å²) in [5.74, 6) is -0.787. The number of aromatic nitrogens is 1. The largest absolute Gasteiger partial charge is 0.481 e. The smallest absolute Gasteiger partial charge is 0.303 e. The van der Waals surface area contributed by atoms with Gasteiger partial charge in [-0.3, -0.25) is 4.79 Å². The van der Waals surface area contributed by atoms with Gasteiger partial charge in [0.1, 0.15) is 0 Å². The number of carboxylic acid groups (broad SMARTS) is 1. The first-order chi connectivity index (χ1) is 8.56. The molecule has 0 amide bonds. The number of halogens is 1. The lowest BCUT2D eigenvalue weighted by Crippen LogP contribution is -1.97. The molecule has 0 atom stereocenters. The second-order valence-electron chi connectivity index (χ2n) is 3.98. The Morgan fingerprint density at radius 3 is 3.00 bits per heavy atom. The maximum atomic E-state index is 10.5. The summed E-state index contributed by atoms with van der Waals surface area (Å²) in [5.41, 5.74) is 3.16. The number of carbonyl (C=O) groups is 1. The molecule has 1 aromatic heterocycles. The summed E-state index contributed by atoms with van der Waals surface area (Å²) in [7, 11) is 0. The molecular weight excluding hydrogens is 314 g/mol. The lowest BCUT2D eigenvalue weighted by molar-refractivity contribution is -0.136. The molecule has 0 radical (unpaired) electrons. The van der Waals surface area contributed by atoms with Crippen molar-refractivity contribution in [3.63, 3.8) is 0 Å². The van der Waals surface area contributed by atoms with Crippen molar-refractivity contribution >= 4 is 33.2 Å². The Morgan fingerprint density at radius 2 is 2.28 bits per heavy atom. The first-order valence-electron chi connectivity index (χ1n) is 5.49. The zero-order chi connectivity index (χ0) is 13.1. The summed E-state index contributed by atoms with van der Waals surface area (Å²) in [5, 5.41) is 11.5. The van der Waals surface area contributed by atoms with Gasteiger partial charge in [-0.25, -0.2) is 4.98 Å². The van der Waals surface area contributed by atoms with E-state index in [-0.39, 0.29) is 6.42 Å². The van der Waals surface area contributed by atoms with Gasteiger partial charge < -0.3 is 5.11 Å². The third-order valence-corrected chi connectivity index (χ3v) is 3.98. The summed E-state index contributed by atoms with van der Waals surface area (Å²) >= 11 is 4.96. The number of thiazole rings is 1. The lowest BCUT2D eigenvalue weighted by atomic mass is 10.1. The van der Waals surface area contributed by atoms with Gasteiger partial charge in [-0.1, -0.05) is 22.0 Å².